The molecule has 29 heavy (non-hydrogen) atoms. The molecule has 2 saturated heterocycles. The minimum absolute atomic E-state index is 0.00695. The summed E-state index contributed by atoms with van der Waals surface area (Å²) in [7, 11) is 1.76. The Hall–Kier alpha value is -2.32. The van der Waals surface area contributed by atoms with E-state index in [1.807, 2.05) is 36.4 Å². The van der Waals surface area contributed by atoms with Gasteiger partial charge in [-0.15, -0.1) is 0 Å². The van der Waals surface area contributed by atoms with Crippen molar-refractivity contribution < 1.29 is 19.1 Å². The second-order valence-corrected chi connectivity index (χ2v) is 9.19. The van der Waals surface area contributed by atoms with E-state index in [9.17, 15) is 9.59 Å². The number of hydrogen-bond donors (Lipinski definition) is 1. The Balaban J connectivity index is 1.27. The molecule has 3 aliphatic rings. The SMILES string of the molecule is CN1C(=O)OCC1Cc1ccc(OC2C=CC(CC3SC(=S)NC3=O)=CC2)cc1. The van der Waals surface area contributed by atoms with Crippen LogP contribution in [0, 0.1) is 0 Å². The van der Waals surface area contributed by atoms with Crippen LogP contribution in [0.15, 0.2) is 48.1 Å². The molecule has 1 aromatic carbocycles. The van der Waals surface area contributed by atoms with E-state index in [2.05, 4.69) is 11.4 Å². The van der Waals surface area contributed by atoms with Crippen molar-refractivity contribution in [1.29, 1.82) is 0 Å². The Kier molecular flexibility index (Phi) is 5.91. The van der Waals surface area contributed by atoms with Gasteiger partial charge in [-0.3, -0.25) is 4.79 Å². The highest BCUT2D eigenvalue weighted by Gasteiger charge is 2.30. The minimum Gasteiger partial charge on any atom is -0.486 e. The normalized spacial score (nSPS) is 26.4. The summed E-state index contributed by atoms with van der Waals surface area (Å²) >= 11 is 6.46. The van der Waals surface area contributed by atoms with Gasteiger partial charge >= 0.3 is 6.09 Å². The highest BCUT2D eigenvalue weighted by molar-refractivity contribution is 8.24. The zero-order valence-corrected chi connectivity index (χ0v) is 17.6. The second-order valence-electron chi connectivity index (χ2n) is 7.31. The summed E-state index contributed by atoms with van der Waals surface area (Å²) in [5.41, 5.74) is 2.27. The van der Waals surface area contributed by atoms with Gasteiger partial charge in [0, 0.05) is 13.5 Å². The van der Waals surface area contributed by atoms with Crippen molar-refractivity contribution in [1.82, 2.24) is 10.2 Å². The molecule has 6 nitrogen and oxygen atoms in total. The van der Waals surface area contributed by atoms with Crippen molar-refractivity contribution in [2.75, 3.05) is 13.7 Å². The fourth-order valence-electron chi connectivity index (χ4n) is 3.50. The molecule has 0 radical (unpaired) electrons. The summed E-state index contributed by atoms with van der Waals surface area (Å²) in [5.74, 6) is 0.802. The monoisotopic (exact) mass is 430 g/mol. The molecular formula is C21H22N2O4S2. The van der Waals surface area contributed by atoms with E-state index < -0.39 is 0 Å². The Morgan fingerprint density at radius 2 is 2.07 bits per heavy atom. The number of carbonyl (C=O) groups excluding carboxylic acids is 2. The van der Waals surface area contributed by atoms with Crippen LogP contribution >= 0.6 is 24.0 Å². The number of nitrogens with zero attached hydrogens (tertiary/aromatic N) is 1. The maximum atomic E-state index is 11.8. The predicted molar refractivity (Wildman–Crippen MR) is 116 cm³/mol. The molecule has 3 atom stereocenters. The van der Waals surface area contributed by atoms with Gasteiger partial charge in [-0.2, -0.15) is 0 Å². The lowest BCUT2D eigenvalue weighted by Gasteiger charge is -2.20. The summed E-state index contributed by atoms with van der Waals surface area (Å²) < 4.78 is 11.7. The molecule has 4 rings (SSSR count). The van der Waals surface area contributed by atoms with Crippen LogP contribution < -0.4 is 10.1 Å². The number of hydrogen-bond acceptors (Lipinski definition) is 6. The van der Waals surface area contributed by atoms with E-state index in [-0.39, 0.29) is 29.4 Å². The maximum absolute atomic E-state index is 11.8. The van der Waals surface area contributed by atoms with Crippen LogP contribution in [0.2, 0.25) is 0 Å². The Morgan fingerprint density at radius 3 is 2.66 bits per heavy atom. The van der Waals surface area contributed by atoms with Crippen LogP contribution in [0.1, 0.15) is 18.4 Å². The van der Waals surface area contributed by atoms with Crippen LogP contribution in [0.25, 0.3) is 0 Å². The number of amides is 2. The molecule has 2 aliphatic heterocycles. The van der Waals surface area contributed by atoms with Gasteiger partial charge in [0.05, 0.1) is 11.3 Å². The lowest BCUT2D eigenvalue weighted by molar-refractivity contribution is -0.118. The topological polar surface area (TPSA) is 67.9 Å². The number of thiocarbonyl (C=S) groups is 1. The van der Waals surface area contributed by atoms with Crippen molar-refractivity contribution in [2.24, 2.45) is 0 Å². The Morgan fingerprint density at radius 1 is 1.28 bits per heavy atom. The molecule has 2 amide bonds. The summed E-state index contributed by atoms with van der Waals surface area (Å²) in [6.07, 6.45) is 8.11. The first-order valence-electron chi connectivity index (χ1n) is 9.52. The second kappa shape index (κ2) is 8.59. The number of carbonyl (C=O) groups is 2. The van der Waals surface area contributed by atoms with E-state index in [0.29, 0.717) is 17.3 Å². The fraction of sp³-hybridized carbons (Fsp3) is 0.381. The van der Waals surface area contributed by atoms with Crippen molar-refractivity contribution in [3.8, 4) is 5.75 Å². The van der Waals surface area contributed by atoms with Crippen LogP contribution in [0.4, 0.5) is 4.79 Å². The lowest BCUT2D eigenvalue weighted by atomic mass is 10.0. The van der Waals surface area contributed by atoms with Crippen molar-refractivity contribution in [3.63, 3.8) is 0 Å². The predicted octanol–water partition coefficient (Wildman–Crippen LogP) is 3.22. The maximum Gasteiger partial charge on any atom is 0.409 e. The zero-order valence-electron chi connectivity index (χ0n) is 16.0. The number of allylic oxidation sites excluding steroid dienone is 2. The molecule has 0 spiro atoms. The molecule has 3 unspecified atom stereocenters. The largest absolute Gasteiger partial charge is 0.486 e. The summed E-state index contributed by atoms with van der Waals surface area (Å²) in [4.78, 5) is 24.9. The first kappa shape index (κ1) is 20.0. The van der Waals surface area contributed by atoms with Crippen LogP contribution in [-0.2, 0) is 16.0 Å². The van der Waals surface area contributed by atoms with Gasteiger partial charge in [0.2, 0.25) is 5.91 Å². The zero-order chi connectivity index (χ0) is 20.4. The average Bonchev–Trinajstić information content (AvgIpc) is 3.19. The standard InChI is InChI=1S/C21H22N2O4S2/c1-23-15(12-26-21(23)25)10-13-2-6-16(7-3-13)27-17-8-4-14(5-9-17)11-18-19(24)22-20(28)29-18/h2-8,15,17-18H,9-12H2,1H3,(H,22,24,28). The van der Waals surface area contributed by atoms with Gasteiger partial charge in [0.15, 0.2) is 0 Å². The molecule has 1 N–H and O–H groups in total. The third-order valence-electron chi connectivity index (χ3n) is 5.24. The van der Waals surface area contributed by atoms with Gasteiger partial charge in [0.1, 0.15) is 22.8 Å². The van der Waals surface area contributed by atoms with E-state index in [0.717, 1.165) is 29.7 Å². The average molecular weight is 431 g/mol. The Labute approximate surface area is 179 Å². The molecule has 2 fully saturated rings. The van der Waals surface area contributed by atoms with Gasteiger partial charge in [-0.25, -0.2) is 4.79 Å². The van der Waals surface area contributed by atoms with Gasteiger partial charge < -0.3 is 19.7 Å². The van der Waals surface area contributed by atoms with Gasteiger partial charge in [-0.05, 0) is 36.6 Å². The number of likely N-dealkylation sites (N-methyl/N-ethyl adjacent to an activating group) is 1. The van der Waals surface area contributed by atoms with Crippen LogP contribution in [0.3, 0.4) is 0 Å². The van der Waals surface area contributed by atoms with Gasteiger partial charge in [-0.1, -0.05) is 53.8 Å². The third-order valence-corrected chi connectivity index (χ3v) is 6.61. The molecule has 1 aromatic rings. The number of nitrogens with one attached hydrogen (secondary N) is 1. The lowest BCUT2D eigenvalue weighted by Crippen LogP contribution is -2.31. The molecule has 1 aliphatic carbocycles. The summed E-state index contributed by atoms with van der Waals surface area (Å²) in [5, 5.41) is 2.55. The van der Waals surface area contributed by atoms with Crippen molar-refractivity contribution in [3.05, 3.63) is 53.6 Å². The Bertz CT molecular complexity index is 881. The first-order valence-corrected chi connectivity index (χ1v) is 10.8. The van der Waals surface area contributed by atoms with E-state index in [1.165, 1.54) is 11.8 Å². The molecule has 0 aromatic heterocycles. The molecule has 0 saturated carbocycles. The summed E-state index contributed by atoms with van der Waals surface area (Å²) in [6.45, 7) is 0.432. The first-order chi connectivity index (χ1) is 14.0. The number of benzene rings is 1. The minimum atomic E-state index is -0.263. The van der Waals surface area contributed by atoms with Crippen molar-refractivity contribution in [2.45, 2.75) is 36.7 Å². The number of rotatable bonds is 6. The quantitative estimate of drug-likeness (QED) is 0.699. The molecule has 0 bridgehead atoms. The molecular weight excluding hydrogens is 408 g/mol. The smallest absolute Gasteiger partial charge is 0.409 e. The summed E-state index contributed by atoms with van der Waals surface area (Å²) in [6, 6.07) is 8.05. The van der Waals surface area contributed by atoms with E-state index in [1.54, 1.807) is 11.9 Å². The van der Waals surface area contributed by atoms with Crippen LogP contribution in [-0.4, -0.2) is 52.3 Å². The molecule has 152 valence electrons. The van der Waals surface area contributed by atoms with E-state index >= 15 is 0 Å². The van der Waals surface area contributed by atoms with Gasteiger partial charge in [0.25, 0.3) is 0 Å². The van der Waals surface area contributed by atoms with E-state index in [4.69, 9.17) is 21.7 Å². The van der Waals surface area contributed by atoms with Crippen LogP contribution in [0.5, 0.6) is 5.75 Å². The number of ether oxygens (including phenoxy) is 2. The molecule has 2 heterocycles. The third kappa shape index (κ3) is 4.82. The molecule has 8 heteroatoms. The number of cyclic esters (lactones) is 1. The highest BCUT2D eigenvalue weighted by atomic mass is 32.2. The number of thioether (sulfide) groups is 1. The highest BCUT2D eigenvalue weighted by Crippen LogP contribution is 2.28. The fourth-order valence-corrected chi connectivity index (χ4v) is 4.81. The van der Waals surface area contributed by atoms with Crippen molar-refractivity contribution >= 4 is 40.3 Å².